The number of carbonyl (C=O) groups is 3. The number of nitrogens with one attached hydrogen (secondary N) is 1. The van der Waals surface area contributed by atoms with E-state index < -0.39 is 36.7 Å². The smallest absolute Gasteiger partial charge is 0.341 e. The Hall–Kier alpha value is -3.59. The van der Waals surface area contributed by atoms with Crippen LogP contribution in [0.5, 0.6) is 5.75 Å². The fourth-order valence-electron chi connectivity index (χ4n) is 6.30. The van der Waals surface area contributed by atoms with Crippen molar-refractivity contribution in [1.82, 2.24) is 10.2 Å². The second kappa shape index (κ2) is 13.8. The maximum Gasteiger partial charge on any atom is 0.341 e. The molecule has 3 aromatic carbocycles. The fourth-order valence-corrected chi connectivity index (χ4v) is 6.82. The number of fused-ring (bicyclic) bond motifs is 1. The van der Waals surface area contributed by atoms with Crippen molar-refractivity contribution in [1.29, 1.82) is 0 Å². The normalized spacial score (nSPS) is 21.7. The van der Waals surface area contributed by atoms with Gasteiger partial charge in [0.05, 0.1) is 18.2 Å². The number of carboxylic acid groups (broad SMARTS) is 1. The summed E-state index contributed by atoms with van der Waals surface area (Å²) in [6, 6.07) is 18.6. The van der Waals surface area contributed by atoms with E-state index in [2.05, 4.69) is 5.32 Å². The number of hydrogen-bond acceptors (Lipinski definition) is 5. The van der Waals surface area contributed by atoms with Crippen molar-refractivity contribution in [3.05, 3.63) is 99.0 Å². The van der Waals surface area contributed by atoms with Gasteiger partial charge in [-0.05, 0) is 66.3 Å². The van der Waals surface area contributed by atoms with E-state index in [9.17, 15) is 19.5 Å². The van der Waals surface area contributed by atoms with Gasteiger partial charge in [0.15, 0.2) is 6.61 Å². The number of rotatable bonds is 10. The van der Waals surface area contributed by atoms with Crippen LogP contribution in [-0.2, 0) is 16.0 Å². The van der Waals surface area contributed by atoms with Crippen molar-refractivity contribution in [2.24, 2.45) is 0 Å². The molecule has 8 nitrogen and oxygen atoms in total. The molecule has 1 fully saturated rings. The Labute approximate surface area is 260 Å². The van der Waals surface area contributed by atoms with Crippen LogP contribution in [0.2, 0.25) is 10.0 Å². The first-order valence-electron chi connectivity index (χ1n) is 14.5. The molecule has 0 aromatic heterocycles. The van der Waals surface area contributed by atoms with E-state index in [0.29, 0.717) is 52.7 Å². The number of carboxylic acids is 1. The molecule has 10 heteroatoms. The van der Waals surface area contributed by atoms with Crippen LogP contribution in [-0.4, -0.2) is 58.2 Å². The molecule has 3 aromatic rings. The molecule has 226 valence electrons. The quantitative estimate of drug-likeness (QED) is 0.263. The predicted octanol–water partition coefficient (Wildman–Crippen LogP) is 5.79. The average Bonchev–Trinajstić information content (AvgIpc) is 2.98. The molecule has 1 heterocycles. The monoisotopic (exact) mass is 624 g/mol. The number of ether oxygens (including phenoxy) is 1. The number of hydrogen-bond donors (Lipinski definition) is 3. The van der Waals surface area contributed by atoms with Crippen LogP contribution in [0.25, 0.3) is 0 Å². The summed E-state index contributed by atoms with van der Waals surface area (Å²) in [5.41, 5.74) is 2.86. The van der Waals surface area contributed by atoms with Crippen molar-refractivity contribution >= 4 is 41.0 Å². The van der Waals surface area contributed by atoms with Crippen molar-refractivity contribution in [2.45, 2.75) is 62.6 Å². The van der Waals surface area contributed by atoms with Gasteiger partial charge in [-0.15, -0.1) is 0 Å². The molecule has 3 N–H and O–H groups in total. The van der Waals surface area contributed by atoms with Gasteiger partial charge in [0.1, 0.15) is 5.75 Å². The summed E-state index contributed by atoms with van der Waals surface area (Å²) >= 11 is 13.0. The van der Waals surface area contributed by atoms with Gasteiger partial charge in [0, 0.05) is 34.5 Å². The number of benzene rings is 3. The Morgan fingerprint density at radius 3 is 2.53 bits per heavy atom. The van der Waals surface area contributed by atoms with Crippen molar-refractivity contribution < 1.29 is 29.3 Å². The van der Waals surface area contributed by atoms with Crippen molar-refractivity contribution in [2.75, 3.05) is 13.2 Å². The molecule has 1 saturated carbocycles. The van der Waals surface area contributed by atoms with E-state index in [-0.39, 0.29) is 18.2 Å². The van der Waals surface area contributed by atoms with Crippen LogP contribution in [0, 0.1) is 0 Å². The second-order valence-electron chi connectivity index (χ2n) is 11.1. The molecule has 0 bridgehead atoms. The third-order valence-electron chi connectivity index (χ3n) is 8.24. The summed E-state index contributed by atoms with van der Waals surface area (Å²) in [7, 11) is 0. The molecular formula is C33H34Cl2N2O6. The van der Waals surface area contributed by atoms with Crippen LogP contribution < -0.4 is 10.1 Å². The average molecular weight is 626 g/mol. The zero-order valence-electron chi connectivity index (χ0n) is 23.5. The molecule has 2 aliphatic rings. The summed E-state index contributed by atoms with van der Waals surface area (Å²) < 4.78 is 5.26. The van der Waals surface area contributed by atoms with Crippen molar-refractivity contribution in [3.63, 3.8) is 0 Å². The predicted molar refractivity (Wildman–Crippen MR) is 164 cm³/mol. The number of halogens is 2. The summed E-state index contributed by atoms with van der Waals surface area (Å²) in [4.78, 5) is 40.2. The lowest BCUT2D eigenvalue weighted by Gasteiger charge is -2.48. The molecule has 0 unspecified atom stereocenters. The van der Waals surface area contributed by atoms with E-state index in [1.165, 1.54) is 0 Å². The molecule has 4 atom stereocenters. The van der Waals surface area contributed by atoms with Crippen LogP contribution >= 0.6 is 23.2 Å². The fraction of sp³-hybridized carbons (Fsp3) is 0.364. The Balaban J connectivity index is 1.41. The topological polar surface area (TPSA) is 116 Å². The molecule has 1 aliphatic carbocycles. The molecule has 0 radical (unpaired) electrons. The van der Waals surface area contributed by atoms with Gasteiger partial charge >= 0.3 is 5.97 Å². The number of carbonyl (C=O) groups excluding carboxylic acids is 2. The summed E-state index contributed by atoms with van der Waals surface area (Å²) in [5, 5.41) is 23.8. The van der Waals surface area contributed by atoms with Gasteiger partial charge in [0.2, 0.25) is 5.91 Å². The minimum Gasteiger partial charge on any atom is -0.482 e. The Morgan fingerprint density at radius 1 is 0.977 bits per heavy atom. The van der Waals surface area contributed by atoms with Crippen molar-refractivity contribution in [3.8, 4) is 5.75 Å². The molecule has 43 heavy (non-hydrogen) atoms. The molecule has 5 rings (SSSR count). The molecule has 0 saturated heterocycles. The van der Waals surface area contributed by atoms with Crippen LogP contribution in [0.1, 0.15) is 71.1 Å². The number of aliphatic hydroxyl groups excluding tert-OH is 1. The SMILES string of the molecule is O=C(O)COc1cccc(CCNC(=O)C[C@@H]2c3ccccc3C(=O)N([C@H]3CCCC[C@@H]3O)[C@H]2c2ccc(Cl)cc2Cl)c1. The van der Waals surface area contributed by atoms with E-state index in [0.717, 1.165) is 24.0 Å². The molecular weight excluding hydrogens is 591 g/mol. The summed E-state index contributed by atoms with van der Waals surface area (Å²) in [6.07, 6.45) is 2.97. The third-order valence-corrected chi connectivity index (χ3v) is 8.80. The first-order valence-corrected chi connectivity index (χ1v) is 15.2. The highest BCUT2D eigenvalue weighted by Crippen LogP contribution is 2.49. The number of aliphatic carboxylic acids is 1. The first-order chi connectivity index (χ1) is 20.7. The maximum atomic E-state index is 14.1. The minimum atomic E-state index is -1.06. The second-order valence-corrected chi connectivity index (χ2v) is 11.9. The lowest BCUT2D eigenvalue weighted by Crippen LogP contribution is -2.54. The Morgan fingerprint density at radius 2 is 1.77 bits per heavy atom. The zero-order chi connectivity index (χ0) is 30.5. The lowest BCUT2D eigenvalue weighted by atomic mass is 9.75. The van der Waals surface area contributed by atoms with Crippen LogP contribution in [0.15, 0.2) is 66.7 Å². The molecule has 0 spiro atoms. The molecule has 1 aliphatic heterocycles. The summed E-state index contributed by atoms with van der Waals surface area (Å²) in [5.74, 6) is -1.40. The maximum absolute atomic E-state index is 14.1. The number of nitrogens with zero attached hydrogens (tertiary/aromatic N) is 1. The highest BCUT2D eigenvalue weighted by molar-refractivity contribution is 6.35. The molecule has 2 amide bonds. The van der Waals surface area contributed by atoms with E-state index in [1.807, 2.05) is 30.3 Å². The van der Waals surface area contributed by atoms with Gasteiger partial charge in [-0.2, -0.15) is 0 Å². The highest BCUT2D eigenvalue weighted by Gasteiger charge is 2.46. The number of aliphatic hydroxyl groups is 1. The number of amides is 2. The van der Waals surface area contributed by atoms with E-state index in [1.54, 1.807) is 41.3 Å². The van der Waals surface area contributed by atoms with E-state index in [4.69, 9.17) is 33.0 Å². The highest BCUT2D eigenvalue weighted by atomic mass is 35.5. The first kappa shape index (κ1) is 30.9. The van der Waals surface area contributed by atoms with Crippen LogP contribution in [0.4, 0.5) is 0 Å². The Bertz CT molecular complexity index is 1500. The largest absolute Gasteiger partial charge is 0.482 e. The Kier molecular flexibility index (Phi) is 9.90. The van der Waals surface area contributed by atoms with Crippen LogP contribution in [0.3, 0.4) is 0 Å². The third kappa shape index (κ3) is 7.15. The summed E-state index contributed by atoms with van der Waals surface area (Å²) in [6.45, 7) is -0.0782. The van der Waals surface area contributed by atoms with Gasteiger partial charge in [-0.25, -0.2) is 4.79 Å². The van der Waals surface area contributed by atoms with E-state index >= 15 is 0 Å². The van der Waals surface area contributed by atoms with Gasteiger partial charge < -0.3 is 25.2 Å². The zero-order valence-corrected chi connectivity index (χ0v) is 25.1. The van der Waals surface area contributed by atoms with Gasteiger partial charge in [-0.3, -0.25) is 9.59 Å². The minimum absolute atomic E-state index is 0.0923. The van der Waals surface area contributed by atoms with Gasteiger partial charge in [0.25, 0.3) is 5.91 Å². The standard InChI is InChI=1S/C33H34Cl2N2O6/c34-21-12-13-25(27(35)17-21)32-26(18-30(39)36-15-14-20-6-5-7-22(16-20)43-19-31(40)41)23-8-1-2-9-24(23)33(42)37(32)28-10-3-4-11-29(28)38/h1-2,5-9,12-13,16-17,26,28-29,32,38H,3-4,10-11,14-15,18-19H2,(H,36,39)(H,40,41)/t26-,28+,29+,32+/m1/s1. The lowest BCUT2D eigenvalue weighted by molar-refractivity contribution is -0.139. The van der Waals surface area contributed by atoms with Gasteiger partial charge in [-0.1, -0.05) is 72.4 Å².